The van der Waals surface area contributed by atoms with Crippen LogP contribution in [0.5, 0.6) is 0 Å². The fraction of sp³-hybridized carbons (Fsp3) is 0.341. The number of furan rings is 1. The Morgan fingerprint density at radius 3 is 1.22 bits per heavy atom. The van der Waals surface area contributed by atoms with Gasteiger partial charge in [0, 0.05) is 45.1 Å². The van der Waals surface area contributed by atoms with E-state index in [4.69, 9.17) is 16.0 Å². The Bertz CT molecular complexity index is 3950. The maximum absolute atomic E-state index is 8.67. The zero-order valence-corrected chi connectivity index (χ0v) is 52.6. The molecule has 5 aliphatic carbocycles. The van der Waals surface area contributed by atoms with Gasteiger partial charge in [0.05, 0.1) is 22.1 Å². The second-order valence-electron chi connectivity index (χ2n) is 27.8. The van der Waals surface area contributed by atoms with Crippen LogP contribution in [0.4, 0.5) is 51.2 Å². The lowest BCUT2D eigenvalue weighted by Gasteiger charge is -2.42. The highest BCUT2D eigenvalue weighted by molar-refractivity contribution is 6.37. The number of anilines is 9. The summed E-state index contributed by atoms with van der Waals surface area (Å²) in [6, 6.07) is 66.2. The van der Waals surface area contributed by atoms with Crippen LogP contribution in [0.25, 0.3) is 33.1 Å². The monoisotopic (exact) mass is 1160 g/mol. The van der Waals surface area contributed by atoms with Gasteiger partial charge >= 0.3 is 0 Å². The predicted molar refractivity (Wildman–Crippen MR) is 369 cm³/mol. The lowest BCUT2D eigenvalue weighted by molar-refractivity contribution is 0.332. The minimum absolute atomic E-state index is 0.0137. The van der Waals surface area contributed by atoms with Crippen LogP contribution in [-0.4, -0.2) is 0 Å². The van der Waals surface area contributed by atoms with Crippen molar-refractivity contribution in [1.29, 1.82) is 0 Å². The number of nitrogens with zero attached hydrogens (tertiary/aromatic N) is 3. The normalized spacial score (nSPS) is 17.1. The van der Waals surface area contributed by atoms with E-state index in [0.717, 1.165) is 148 Å². The lowest BCUT2D eigenvalue weighted by Crippen LogP contribution is -2.34. The smallest absolute Gasteiger partial charge is 0.135 e. The molecule has 5 aliphatic rings. The molecule has 1 aromatic heterocycles. The fourth-order valence-electron chi connectivity index (χ4n) is 15.8. The highest BCUT2D eigenvalue weighted by Gasteiger charge is 2.38. The largest absolute Gasteiger partial charge is 0.456 e. The molecule has 0 atom stereocenters. The summed E-state index contributed by atoms with van der Waals surface area (Å²) in [6.45, 7) is 9.80. The number of benzene rings is 9. The van der Waals surface area contributed by atoms with E-state index in [0.29, 0.717) is 0 Å². The Kier molecular flexibility index (Phi) is 14.9. The maximum atomic E-state index is 8.67. The Labute approximate surface area is 522 Å². The second-order valence-corrected chi connectivity index (χ2v) is 28.1. The first-order valence-corrected chi connectivity index (χ1v) is 33.7. The summed E-state index contributed by atoms with van der Waals surface area (Å²) < 4.78 is 6.46. The number of fused-ring (bicyclic) bond motifs is 7. The first-order chi connectivity index (χ1) is 42.5. The summed E-state index contributed by atoms with van der Waals surface area (Å²) in [5.74, 6) is 0.881. The average Bonchev–Trinajstić information content (AvgIpc) is 1.49. The van der Waals surface area contributed by atoms with Crippen LogP contribution in [0.15, 0.2) is 174 Å². The Morgan fingerprint density at radius 2 is 0.724 bits per heavy atom. The lowest BCUT2D eigenvalue weighted by atomic mass is 9.63. The highest BCUT2D eigenvalue weighted by atomic mass is 35.5. The van der Waals surface area contributed by atoms with E-state index in [1.165, 1.54) is 138 Å². The zero-order chi connectivity index (χ0) is 58.8. The number of aryl methyl sites for hydroxylation is 8. The third-order valence-corrected chi connectivity index (χ3v) is 21.4. The van der Waals surface area contributed by atoms with Crippen molar-refractivity contribution in [2.75, 3.05) is 14.7 Å². The highest BCUT2D eigenvalue weighted by Crippen LogP contribution is 2.54. The van der Waals surface area contributed by atoms with Gasteiger partial charge in [0.1, 0.15) is 11.3 Å². The Balaban J connectivity index is 1.01. The number of halogens is 1. The van der Waals surface area contributed by atoms with Gasteiger partial charge in [0.25, 0.3) is 0 Å². The average molecular weight is 1160 g/mol. The van der Waals surface area contributed by atoms with Crippen LogP contribution in [0.1, 0.15) is 173 Å². The molecule has 440 valence electrons. The molecule has 0 bridgehead atoms. The van der Waals surface area contributed by atoms with E-state index in [9.17, 15) is 0 Å². The van der Waals surface area contributed by atoms with Crippen molar-refractivity contribution in [2.45, 2.75) is 180 Å². The van der Waals surface area contributed by atoms with Crippen molar-refractivity contribution >= 4 is 84.5 Å². The Morgan fingerprint density at radius 1 is 0.322 bits per heavy atom. The number of rotatable bonds is 10. The van der Waals surface area contributed by atoms with Gasteiger partial charge in [-0.15, -0.1) is 0 Å². The van der Waals surface area contributed by atoms with E-state index in [-0.39, 0.29) is 10.8 Å². The van der Waals surface area contributed by atoms with Gasteiger partial charge in [-0.2, -0.15) is 0 Å². The summed E-state index contributed by atoms with van der Waals surface area (Å²) in [5, 5.41) is 4.18. The second kappa shape index (κ2) is 23.2. The van der Waals surface area contributed by atoms with E-state index < -0.39 is 0 Å². The molecule has 0 amide bonds. The van der Waals surface area contributed by atoms with Crippen molar-refractivity contribution in [1.82, 2.24) is 0 Å². The van der Waals surface area contributed by atoms with Crippen LogP contribution in [0, 0.1) is 0 Å². The van der Waals surface area contributed by atoms with E-state index in [1.54, 1.807) is 0 Å². The standard InChI is InChI=1S/C82H84ClN3O/c1-81(2)43-44-82(3,4)75-52-72(41-42-74(75)81)84(67-40-35-63-45-66(30-29-64(63)50-67)79-51-65-27-17-18-28-78(65)87-79)73-53-76(85(68-36-31-55-19-9-5-13-23-59(55)46-68)69-37-32-56-20-10-6-14-24-60(56)47-69)80(83)77(54-73)86(70-38-33-57-21-11-7-15-25-61(57)48-70)71-39-34-58-22-12-8-16-26-62(58)49-71/h17-18,27-42,45-54H,5-16,19-26,43-44H2,1-4H3. The minimum Gasteiger partial charge on any atom is -0.456 e. The molecule has 15 rings (SSSR count). The molecular weight excluding hydrogens is 1080 g/mol. The van der Waals surface area contributed by atoms with Crippen LogP contribution in [-0.2, 0) is 62.2 Å². The van der Waals surface area contributed by atoms with E-state index in [2.05, 4.69) is 206 Å². The van der Waals surface area contributed by atoms with Gasteiger partial charge in [-0.1, -0.05) is 132 Å². The van der Waals surface area contributed by atoms with E-state index in [1.807, 2.05) is 6.07 Å². The van der Waals surface area contributed by atoms with Gasteiger partial charge in [-0.25, -0.2) is 0 Å². The molecule has 0 unspecified atom stereocenters. The molecule has 0 aliphatic heterocycles. The molecule has 0 saturated heterocycles. The SMILES string of the molecule is CC1(C)CCC(C)(C)c2cc(N(c3cc(N(c4ccc5c(c4)CCCCC5)c4ccc5c(c4)CCCCC5)c(Cl)c(N(c4ccc5c(c4)CCCCC5)c4ccc5c(c4)CCCCC5)c3)c3ccc4cc(-c5cc6ccccc6o5)ccc4c3)ccc21. The number of hydrogen-bond acceptors (Lipinski definition) is 4. The van der Waals surface area contributed by atoms with Gasteiger partial charge in [0.15, 0.2) is 0 Å². The quantitative estimate of drug-likeness (QED) is 0.127. The summed E-state index contributed by atoms with van der Waals surface area (Å²) in [4.78, 5) is 7.66. The molecule has 5 heteroatoms. The number of para-hydroxylation sites is 1. The van der Waals surface area contributed by atoms with Crippen molar-refractivity contribution in [3.05, 3.63) is 231 Å². The van der Waals surface area contributed by atoms with E-state index >= 15 is 0 Å². The molecule has 10 aromatic rings. The Hall–Kier alpha value is -7.53. The van der Waals surface area contributed by atoms with Crippen molar-refractivity contribution in [3.63, 3.8) is 0 Å². The topological polar surface area (TPSA) is 22.9 Å². The van der Waals surface area contributed by atoms with Crippen molar-refractivity contribution < 1.29 is 4.42 Å². The molecule has 0 fully saturated rings. The molecular formula is C82H84ClN3O. The summed E-state index contributed by atoms with van der Waals surface area (Å²) >= 11 is 8.67. The summed E-state index contributed by atoms with van der Waals surface area (Å²) in [5.41, 5.74) is 26.6. The molecule has 9 aromatic carbocycles. The molecule has 0 N–H and O–H groups in total. The fourth-order valence-corrected chi connectivity index (χ4v) is 16.1. The van der Waals surface area contributed by atoms with Crippen LogP contribution < -0.4 is 14.7 Å². The van der Waals surface area contributed by atoms with Crippen LogP contribution in [0.2, 0.25) is 5.02 Å². The van der Waals surface area contributed by atoms with Crippen LogP contribution >= 0.6 is 11.6 Å². The maximum Gasteiger partial charge on any atom is 0.135 e. The summed E-state index contributed by atoms with van der Waals surface area (Å²) in [7, 11) is 0. The first-order valence-electron chi connectivity index (χ1n) is 33.4. The third kappa shape index (κ3) is 10.9. The van der Waals surface area contributed by atoms with Crippen molar-refractivity contribution in [3.8, 4) is 11.3 Å². The van der Waals surface area contributed by atoms with Crippen LogP contribution in [0.3, 0.4) is 0 Å². The van der Waals surface area contributed by atoms with Gasteiger partial charge < -0.3 is 19.1 Å². The number of hydrogen-bond donors (Lipinski definition) is 0. The zero-order valence-electron chi connectivity index (χ0n) is 51.9. The first kappa shape index (κ1) is 56.0. The minimum atomic E-state index is -0.0137. The molecule has 0 saturated carbocycles. The molecule has 0 spiro atoms. The molecule has 1 heterocycles. The van der Waals surface area contributed by atoms with Gasteiger partial charge in [-0.05, 0) is 296 Å². The molecule has 87 heavy (non-hydrogen) atoms. The van der Waals surface area contributed by atoms with Crippen molar-refractivity contribution in [2.24, 2.45) is 0 Å². The predicted octanol–water partition coefficient (Wildman–Crippen LogP) is 23.7. The van der Waals surface area contributed by atoms with Gasteiger partial charge in [0.2, 0.25) is 0 Å². The summed E-state index contributed by atoms with van der Waals surface area (Å²) in [6.07, 6.45) is 26.0. The molecule has 0 radical (unpaired) electrons. The third-order valence-electron chi connectivity index (χ3n) is 21.0. The van der Waals surface area contributed by atoms with Gasteiger partial charge in [-0.3, -0.25) is 0 Å². The molecule has 4 nitrogen and oxygen atoms in total.